The molecule has 2 rings (SSSR count). The molecule has 1 atom stereocenters. The Balaban J connectivity index is 2.11. The number of hydrogen-bond acceptors (Lipinski definition) is 3. The Bertz CT molecular complexity index is 448. The van der Waals surface area contributed by atoms with Gasteiger partial charge in [0.15, 0.2) is 12.0 Å². The van der Waals surface area contributed by atoms with Gasteiger partial charge in [-0.05, 0) is 5.92 Å². The first-order valence-electron chi connectivity index (χ1n) is 5.66. The van der Waals surface area contributed by atoms with E-state index in [1.165, 1.54) is 0 Å². The lowest BCUT2D eigenvalue weighted by Gasteiger charge is -2.07. The number of hydrogen-bond donors (Lipinski definition) is 2. The second-order valence-electron chi connectivity index (χ2n) is 4.58. The number of rotatable bonds is 3. The molecule has 1 aliphatic rings. The number of nitrogens with one attached hydrogen (secondary N) is 2. The molecule has 2 N–H and O–H groups in total. The maximum absolute atomic E-state index is 11.8. The molecule has 1 aliphatic heterocycles. The molecule has 0 bridgehead atoms. The zero-order chi connectivity index (χ0) is 12.4. The minimum absolute atomic E-state index is 0.0869. The molecule has 1 aromatic heterocycles. The van der Waals surface area contributed by atoms with Crippen molar-refractivity contribution in [2.45, 2.75) is 19.9 Å². The van der Waals surface area contributed by atoms with Crippen LogP contribution in [-0.2, 0) is 11.8 Å². The van der Waals surface area contributed by atoms with E-state index >= 15 is 0 Å². The molecule has 1 saturated heterocycles. The first-order chi connectivity index (χ1) is 8.08. The van der Waals surface area contributed by atoms with Crippen LogP contribution in [0.2, 0.25) is 0 Å². The van der Waals surface area contributed by atoms with E-state index in [0.29, 0.717) is 18.4 Å². The number of amides is 1. The topological polar surface area (TPSA) is 71.3 Å². The highest BCUT2D eigenvalue weighted by Gasteiger charge is 2.31. The summed E-state index contributed by atoms with van der Waals surface area (Å²) < 4.78 is 1.82. The van der Waals surface area contributed by atoms with Crippen molar-refractivity contribution in [3.05, 3.63) is 18.2 Å². The van der Waals surface area contributed by atoms with Crippen molar-refractivity contribution in [1.29, 1.82) is 0 Å². The molecule has 0 spiro atoms. The van der Waals surface area contributed by atoms with Crippen molar-refractivity contribution in [2.24, 2.45) is 18.0 Å². The number of nitrogens with zero attached hydrogens (tertiary/aromatic N) is 3. The largest absolute Gasteiger partial charge is 0.339 e. The average Bonchev–Trinajstić information content (AvgIpc) is 2.81. The fourth-order valence-electron chi connectivity index (χ4n) is 1.64. The predicted octanol–water partition coefficient (Wildman–Crippen LogP) is 0.193. The number of carbonyl (C=O) groups is 1. The number of aryl methyl sites for hydroxylation is 1. The third-order valence-corrected chi connectivity index (χ3v) is 2.55. The van der Waals surface area contributed by atoms with Gasteiger partial charge in [0.05, 0.1) is 18.2 Å². The Morgan fingerprint density at radius 1 is 1.59 bits per heavy atom. The summed E-state index contributed by atoms with van der Waals surface area (Å²) in [6.07, 6.45) is 3.36. The highest BCUT2D eigenvalue weighted by atomic mass is 16.2. The predicted molar refractivity (Wildman–Crippen MR) is 64.4 cm³/mol. The smallest absolute Gasteiger partial charge is 0.255 e. The van der Waals surface area contributed by atoms with Crippen molar-refractivity contribution in [3.63, 3.8) is 0 Å². The Kier molecular flexibility index (Phi) is 3.12. The summed E-state index contributed by atoms with van der Waals surface area (Å²) >= 11 is 0. The number of carbonyl (C=O) groups excluding carboxylic acids is 1. The SMILES string of the molecule is CC(C)CN=C1NC(=O)C(c2cncn2C)N1. The van der Waals surface area contributed by atoms with Crippen molar-refractivity contribution in [1.82, 2.24) is 20.2 Å². The van der Waals surface area contributed by atoms with Crippen LogP contribution in [0.25, 0.3) is 0 Å². The first-order valence-corrected chi connectivity index (χ1v) is 5.66. The highest BCUT2D eigenvalue weighted by Crippen LogP contribution is 2.15. The molecule has 1 amide bonds. The molecule has 0 saturated carbocycles. The van der Waals surface area contributed by atoms with E-state index < -0.39 is 6.04 Å². The van der Waals surface area contributed by atoms with Gasteiger partial charge in [-0.1, -0.05) is 13.8 Å². The van der Waals surface area contributed by atoms with Gasteiger partial charge in [-0.25, -0.2) is 4.98 Å². The fraction of sp³-hybridized carbons (Fsp3) is 0.545. The summed E-state index contributed by atoms with van der Waals surface area (Å²) in [4.78, 5) is 20.1. The molecular weight excluding hydrogens is 218 g/mol. The van der Waals surface area contributed by atoms with Crippen molar-refractivity contribution in [3.8, 4) is 0 Å². The van der Waals surface area contributed by atoms with Crippen LogP contribution in [0.15, 0.2) is 17.5 Å². The molecule has 1 aromatic rings. The maximum atomic E-state index is 11.8. The van der Waals surface area contributed by atoms with Crippen LogP contribution in [0.3, 0.4) is 0 Å². The van der Waals surface area contributed by atoms with E-state index in [2.05, 4.69) is 34.5 Å². The van der Waals surface area contributed by atoms with Crippen LogP contribution in [0, 0.1) is 5.92 Å². The third kappa shape index (κ3) is 2.46. The standard InChI is InChI=1S/C11H17N5O/c1-7(2)4-13-11-14-9(10(17)15-11)8-5-12-6-16(8)3/h5-7,9H,4H2,1-3H3,(H2,13,14,15,17). The Morgan fingerprint density at radius 3 is 2.94 bits per heavy atom. The summed E-state index contributed by atoms with van der Waals surface area (Å²) in [5.74, 6) is 0.933. The van der Waals surface area contributed by atoms with Gasteiger partial charge in [-0.2, -0.15) is 0 Å². The highest BCUT2D eigenvalue weighted by molar-refractivity contribution is 6.06. The lowest BCUT2D eigenvalue weighted by molar-refractivity contribution is -0.120. The van der Waals surface area contributed by atoms with Gasteiger partial charge < -0.3 is 9.88 Å². The number of imidazole rings is 1. The van der Waals surface area contributed by atoms with Crippen LogP contribution >= 0.6 is 0 Å². The number of guanidine groups is 1. The van der Waals surface area contributed by atoms with Crippen molar-refractivity contribution in [2.75, 3.05) is 6.54 Å². The average molecular weight is 235 g/mol. The van der Waals surface area contributed by atoms with Gasteiger partial charge in [0, 0.05) is 13.6 Å². The van der Waals surface area contributed by atoms with Crippen molar-refractivity contribution >= 4 is 11.9 Å². The summed E-state index contributed by atoms with van der Waals surface area (Å²) in [5.41, 5.74) is 0.831. The molecule has 1 fully saturated rings. The van der Waals surface area contributed by atoms with E-state index in [1.54, 1.807) is 12.5 Å². The molecule has 2 heterocycles. The number of aromatic nitrogens is 2. The molecule has 92 valence electrons. The van der Waals surface area contributed by atoms with Crippen LogP contribution in [-0.4, -0.2) is 28.0 Å². The van der Waals surface area contributed by atoms with Gasteiger partial charge in [-0.3, -0.25) is 15.1 Å². The Hall–Kier alpha value is -1.85. The monoisotopic (exact) mass is 235 g/mol. The van der Waals surface area contributed by atoms with Gasteiger partial charge in [0.25, 0.3) is 5.91 Å². The second kappa shape index (κ2) is 4.57. The Morgan fingerprint density at radius 2 is 2.35 bits per heavy atom. The van der Waals surface area contributed by atoms with Gasteiger partial charge in [-0.15, -0.1) is 0 Å². The maximum Gasteiger partial charge on any atom is 0.255 e. The van der Waals surface area contributed by atoms with Crippen molar-refractivity contribution < 1.29 is 4.79 Å². The molecule has 0 aromatic carbocycles. The molecule has 6 nitrogen and oxygen atoms in total. The summed E-state index contributed by atoms with van der Waals surface area (Å²) in [6, 6.07) is -0.395. The second-order valence-corrected chi connectivity index (χ2v) is 4.58. The molecule has 0 radical (unpaired) electrons. The molecule has 6 heteroatoms. The van der Waals surface area contributed by atoms with E-state index in [4.69, 9.17) is 0 Å². The fourth-order valence-corrected chi connectivity index (χ4v) is 1.64. The quantitative estimate of drug-likeness (QED) is 0.785. The van der Waals surface area contributed by atoms with Gasteiger partial charge in [0.2, 0.25) is 0 Å². The summed E-state index contributed by atoms with van der Waals surface area (Å²) in [7, 11) is 1.86. The first kappa shape index (κ1) is 11.6. The normalized spacial score (nSPS) is 22.0. The number of aliphatic imine (C=N–C) groups is 1. The summed E-state index contributed by atoms with van der Waals surface area (Å²) in [5, 5.41) is 5.80. The van der Waals surface area contributed by atoms with E-state index in [-0.39, 0.29) is 5.91 Å². The lowest BCUT2D eigenvalue weighted by atomic mass is 10.2. The molecule has 1 unspecified atom stereocenters. The minimum atomic E-state index is -0.395. The van der Waals surface area contributed by atoms with E-state index in [0.717, 1.165) is 5.69 Å². The van der Waals surface area contributed by atoms with Gasteiger partial charge >= 0.3 is 0 Å². The summed E-state index contributed by atoms with van der Waals surface area (Å²) in [6.45, 7) is 4.86. The van der Waals surface area contributed by atoms with Crippen LogP contribution in [0.4, 0.5) is 0 Å². The van der Waals surface area contributed by atoms with Gasteiger partial charge in [0.1, 0.15) is 0 Å². The zero-order valence-corrected chi connectivity index (χ0v) is 10.3. The lowest BCUT2D eigenvalue weighted by Crippen LogP contribution is -2.26. The van der Waals surface area contributed by atoms with Crippen LogP contribution < -0.4 is 10.6 Å². The van der Waals surface area contributed by atoms with Crippen LogP contribution in [0.1, 0.15) is 25.6 Å². The molecule has 0 aliphatic carbocycles. The van der Waals surface area contributed by atoms with E-state index in [9.17, 15) is 4.79 Å². The molecular formula is C11H17N5O. The van der Waals surface area contributed by atoms with E-state index in [1.807, 2.05) is 11.6 Å². The Labute approximate surface area is 100 Å². The minimum Gasteiger partial charge on any atom is -0.339 e. The zero-order valence-electron chi connectivity index (χ0n) is 10.3. The molecule has 17 heavy (non-hydrogen) atoms. The third-order valence-electron chi connectivity index (χ3n) is 2.55. The van der Waals surface area contributed by atoms with Crippen LogP contribution in [0.5, 0.6) is 0 Å².